The van der Waals surface area contributed by atoms with Crippen LogP contribution < -0.4 is 10.6 Å². The van der Waals surface area contributed by atoms with E-state index in [2.05, 4.69) is 15.7 Å². The first-order valence-corrected chi connectivity index (χ1v) is 8.36. The molecule has 1 aliphatic carbocycles. The summed E-state index contributed by atoms with van der Waals surface area (Å²) < 4.78 is 7.13. The molecule has 0 radical (unpaired) electrons. The van der Waals surface area contributed by atoms with Gasteiger partial charge in [-0.15, -0.1) is 0 Å². The molecular weight excluding hydrogens is 308 g/mol. The van der Waals surface area contributed by atoms with Crippen LogP contribution in [0.3, 0.4) is 0 Å². The van der Waals surface area contributed by atoms with E-state index in [9.17, 15) is 9.90 Å². The fraction of sp³-hybridized carbons (Fsp3) is 0.529. The predicted octanol–water partition coefficient (Wildman–Crippen LogP) is 2.17. The third kappa shape index (κ3) is 3.79. The molecular formula is C17H24N4O3. The van der Waals surface area contributed by atoms with Gasteiger partial charge in [0.25, 0.3) is 0 Å². The second-order valence-corrected chi connectivity index (χ2v) is 6.52. The third-order valence-electron chi connectivity index (χ3n) is 4.56. The number of hydrogen-bond donors (Lipinski definition) is 3. The lowest BCUT2D eigenvalue weighted by atomic mass is 9.90. The highest BCUT2D eigenvalue weighted by Crippen LogP contribution is 2.28. The van der Waals surface area contributed by atoms with E-state index in [0.29, 0.717) is 5.76 Å². The Morgan fingerprint density at radius 2 is 2.29 bits per heavy atom. The predicted molar refractivity (Wildman–Crippen MR) is 88.3 cm³/mol. The molecule has 24 heavy (non-hydrogen) atoms. The molecule has 0 saturated heterocycles. The first-order chi connectivity index (χ1) is 11.6. The number of urea groups is 1. The fourth-order valence-electron chi connectivity index (χ4n) is 3.22. The van der Waals surface area contributed by atoms with Crippen molar-refractivity contribution in [3.63, 3.8) is 0 Å². The van der Waals surface area contributed by atoms with Crippen LogP contribution in [0.5, 0.6) is 0 Å². The first kappa shape index (κ1) is 16.6. The Bertz CT molecular complexity index is 637. The molecule has 3 N–H and O–H groups in total. The number of furan rings is 1. The van der Waals surface area contributed by atoms with E-state index >= 15 is 0 Å². The number of rotatable bonds is 5. The second kappa shape index (κ2) is 7.09. The van der Waals surface area contributed by atoms with Gasteiger partial charge in [0.1, 0.15) is 11.4 Å². The van der Waals surface area contributed by atoms with Gasteiger partial charge in [0.05, 0.1) is 24.9 Å². The molecule has 2 aromatic rings. The second-order valence-electron chi connectivity index (χ2n) is 6.52. The molecule has 7 nitrogen and oxygen atoms in total. The van der Waals surface area contributed by atoms with Crippen molar-refractivity contribution in [2.75, 3.05) is 6.54 Å². The lowest BCUT2D eigenvalue weighted by Crippen LogP contribution is -2.50. The molecule has 1 aliphatic rings. The SMILES string of the molecule is CC(O)(CNC(=O)NC1CCCCC1n1cccn1)c1ccco1. The van der Waals surface area contributed by atoms with Gasteiger partial charge < -0.3 is 20.2 Å². The number of aliphatic hydroxyl groups is 1. The zero-order valence-electron chi connectivity index (χ0n) is 13.8. The van der Waals surface area contributed by atoms with Gasteiger partial charge in [-0.3, -0.25) is 4.68 Å². The molecule has 0 aromatic carbocycles. The van der Waals surface area contributed by atoms with E-state index in [1.54, 1.807) is 25.3 Å². The Morgan fingerprint density at radius 3 is 3.00 bits per heavy atom. The van der Waals surface area contributed by atoms with Crippen LogP contribution in [0.1, 0.15) is 44.4 Å². The highest BCUT2D eigenvalue weighted by molar-refractivity contribution is 5.74. The van der Waals surface area contributed by atoms with E-state index in [4.69, 9.17) is 4.42 Å². The molecule has 2 heterocycles. The van der Waals surface area contributed by atoms with Crippen LogP contribution in [0.2, 0.25) is 0 Å². The summed E-state index contributed by atoms with van der Waals surface area (Å²) in [7, 11) is 0. The van der Waals surface area contributed by atoms with Crippen molar-refractivity contribution in [2.45, 2.75) is 50.3 Å². The van der Waals surface area contributed by atoms with Gasteiger partial charge in [-0.1, -0.05) is 12.8 Å². The Hall–Kier alpha value is -2.28. The van der Waals surface area contributed by atoms with Crippen LogP contribution in [0, 0.1) is 0 Å². The van der Waals surface area contributed by atoms with E-state index in [0.717, 1.165) is 25.7 Å². The molecule has 130 valence electrons. The third-order valence-corrected chi connectivity index (χ3v) is 4.56. The summed E-state index contributed by atoms with van der Waals surface area (Å²) in [5.74, 6) is 0.426. The van der Waals surface area contributed by atoms with Crippen LogP contribution in [0.25, 0.3) is 0 Å². The van der Waals surface area contributed by atoms with E-state index in [-0.39, 0.29) is 24.7 Å². The summed E-state index contributed by atoms with van der Waals surface area (Å²) in [6, 6.07) is 5.21. The average Bonchev–Trinajstić information content (AvgIpc) is 3.27. The molecule has 0 aliphatic heterocycles. The molecule has 2 amide bonds. The summed E-state index contributed by atoms with van der Waals surface area (Å²) in [6.45, 7) is 1.69. The maximum absolute atomic E-state index is 12.2. The molecule has 0 bridgehead atoms. The smallest absolute Gasteiger partial charge is 0.315 e. The highest BCUT2D eigenvalue weighted by Gasteiger charge is 2.30. The Kier molecular flexibility index (Phi) is 4.89. The summed E-state index contributed by atoms with van der Waals surface area (Å²) in [5.41, 5.74) is -1.24. The van der Waals surface area contributed by atoms with E-state index in [1.165, 1.54) is 6.26 Å². The summed E-state index contributed by atoms with van der Waals surface area (Å²) in [5, 5.41) is 20.4. The average molecular weight is 332 g/mol. The molecule has 1 fully saturated rings. The van der Waals surface area contributed by atoms with Crippen molar-refractivity contribution < 1.29 is 14.3 Å². The summed E-state index contributed by atoms with van der Waals surface area (Å²) in [6.07, 6.45) is 9.34. The molecule has 3 unspecified atom stereocenters. The lowest BCUT2D eigenvalue weighted by Gasteiger charge is -2.32. The number of hydrogen-bond acceptors (Lipinski definition) is 4. The number of carbonyl (C=O) groups is 1. The minimum absolute atomic E-state index is 0.0345. The molecule has 3 rings (SSSR count). The largest absolute Gasteiger partial charge is 0.466 e. The van der Waals surface area contributed by atoms with Gasteiger partial charge in [0, 0.05) is 12.4 Å². The van der Waals surface area contributed by atoms with Gasteiger partial charge in [-0.05, 0) is 38.0 Å². The Morgan fingerprint density at radius 1 is 1.46 bits per heavy atom. The maximum atomic E-state index is 12.2. The fourth-order valence-corrected chi connectivity index (χ4v) is 3.22. The van der Waals surface area contributed by atoms with Crippen molar-refractivity contribution in [3.05, 3.63) is 42.6 Å². The van der Waals surface area contributed by atoms with Crippen molar-refractivity contribution in [3.8, 4) is 0 Å². The van der Waals surface area contributed by atoms with Gasteiger partial charge >= 0.3 is 6.03 Å². The van der Waals surface area contributed by atoms with Crippen molar-refractivity contribution in [1.29, 1.82) is 0 Å². The monoisotopic (exact) mass is 332 g/mol. The Labute approximate surface area is 141 Å². The first-order valence-electron chi connectivity index (χ1n) is 8.36. The highest BCUT2D eigenvalue weighted by atomic mass is 16.4. The zero-order valence-corrected chi connectivity index (χ0v) is 13.8. The van der Waals surface area contributed by atoms with E-state index in [1.807, 2.05) is 16.9 Å². The van der Waals surface area contributed by atoms with Crippen molar-refractivity contribution >= 4 is 6.03 Å². The Balaban J connectivity index is 1.55. The normalized spacial score (nSPS) is 23.4. The minimum atomic E-state index is -1.24. The molecule has 3 atom stereocenters. The quantitative estimate of drug-likeness (QED) is 0.782. The van der Waals surface area contributed by atoms with Gasteiger partial charge in [0.2, 0.25) is 0 Å². The van der Waals surface area contributed by atoms with Crippen LogP contribution in [-0.2, 0) is 5.60 Å². The van der Waals surface area contributed by atoms with Crippen molar-refractivity contribution in [1.82, 2.24) is 20.4 Å². The van der Waals surface area contributed by atoms with Gasteiger partial charge in [0.15, 0.2) is 0 Å². The molecule has 1 saturated carbocycles. The van der Waals surface area contributed by atoms with Crippen LogP contribution in [0.15, 0.2) is 41.3 Å². The maximum Gasteiger partial charge on any atom is 0.315 e. The number of aromatic nitrogens is 2. The minimum Gasteiger partial charge on any atom is -0.466 e. The van der Waals surface area contributed by atoms with E-state index < -0.39 is 5.60 Å². The number of amides is 2. The lowest BCUT2D eigenvalue weighted by molar-refractivity contribution is 0.0365. The molecule has 2 aromatic heterocycles. The summed E-state index contributed by atoms with van der Waals surface area (Å²) in [4.78, 5) is 12.2. The number of carbonyl (C=O) groups excluding carboxylic acids is 1. The van der Waals surface area contributed by atoms with Crippen LogP contribution in [0.4, 0.5) is 4.79 Å². The number of nitrogens with one attached hydrogen (secondary N) is 2. The van der Waals surface area contributed by atoms with Gasteiger partial charge in [-0.2, -0.15) is 5.10 Å². The topological polar surface area (TPSA) is 92.3 Å². The molecule has 7 heteroatoms. The van der Waals surface area contributed by atoms with Crippen molar-refractivity contribution in [2.24, 2.45) is 0 Å². The zero-order chi connectivity index (χ0) is 17.0. The summed E-state index contributed by atoms with van der Waals surface area (Å²) >= 11 is 0. The van der Waals surface area contributed by atoms with Gasteiger partial charge in [-0.25, -0.2) is 4.79 Å². The number of nitrogens with zero attached hydrogens (tertiary/aromatic N) is 2. The standard InChI is InChI=1S/C17H24N4O3/c1-17(23,15-8-4-11-24-15)12-18-16(22)20-13-6-2-3-7-14(13)21-10-5-9-19-21/h4-5,8-11,13-14,23H,2-3,6-7,12H2,1H3,(H2,18,20,22). The van der Waals surface area contributed by atoms with Crippen LogP contribution in [-0.4, -0.2) is 33.5 Å². The van der Waals surface area contributed by atoms with Crippen LogP contribution >= 0.6 is 0 Å². The molecule has 0 spiro atoms.